The third-order valence-corrected chi connectivity index (χ3v) is 2.81. The largest absolute Gasteiger partial charge is 0.495 e. The van der Waals surface area contributed by atoms with E-state index in [4.69, 9.17) is 15.7 Å². The van der Waals surface area contributed by atoms with Crippen molar-refractivity contribution in [1.29, 1.82) is 0 Å². The summed E-state index contributed by atoms with van der Waals surface area (Å²) in [6.07, 6.45) is 1.88. The zero-order valence-corrected chi connectivity index (χ0v) is 10.0. The van der Waals surface area contributed by atoms with Crippen LogP contribution in [0.1, 0.15) is 18.4 Å². The summed E-state index contributed by atoms with van der Waals surface area (Å²) in [4.78, 5) is 11.7. The van der Waals surface area contributed by atoms with Crippen molar-refractivity contribution in [3.05, 3.63) is 23.8 Å². The summed E-state index contributed by atoms with van der Waals surface area (Å²) in [6.45, 7) is 0. The molecule has 0 aromatic heterocycles. The van der Waals surface area contributed by atoms with Gasteiger partial charge in [0.25, 0.3) is 0 Å². The molecule has 0 radical (unpaired) electrons. The molecule has 0 aliphatic heterocycles. The maximum absolute atomic E-state index is 11.7. The first kappa shape index (κ1) is 12.2. The summed E-state index contributed by atoms with van der Waals surface area (Å²) in [5, 5.41) is 14.3. The Morgan fingerprint density at radius 1 is 1.56 bits per heavy atom. The number of methoxy groups -OCH3 is 1. The lowest BCUT2D eigenvalue weighted by atomic mass is 10.1. The first-order valence-corrected chi connectivity index (χ1v) is 5.62. The van der Waals surface area contributed by atoms with Gasteiger partial charge in [0, 0.05) is 11.5 Å². The van der Waals surface area contributed by atoms with Gasteiger partial charge in [-0.1, -0.05) is 5.16 Å². The number of rotatable bonds is 4. The molecule has 1 saturated carbocycles. The van der Waals surface area contributed by atoms with Crippen LogP contribution in [-0.4, -0.2) is 24.1 Å². The van der Waals surface area contributed by atoms with Crippen LogP contribution in [0.2, 0.25) is 0 Å². The Balaban J connectivity index is 2.22. The number of anilines is 1. The number of carbonyl (C=O) groups is 1. The van der Waals surface area contributed by atoms with Crippen molar-refractivity contribution in [2.45, 2.75) is 12.8 Å². The molecule has 0 unspecified atom stereocenters. The van der Waals surface area contributed by atoms with E-state index in [1.54, 1.807) is 18.2 Å². The van der Waals surface area contributed by atoms with E-state index >= 15 is 0 Å². The number of amidine groups is 1. The van der Waals surface area contributed by atoms with Crippen LogP contribution in [0, 0.1) is 5.92 Å². The van der Waals surface area contributed by atoms with E-state index in [9.17, 15) is 4.79 Å². The number of hydrogen-bond donors (Lipinski definition) is 3. The zero-order valence-electron chi connectivity index (χ0n) is 10.0. The van der Waals surface area contributed by atoms with Crippen LogP contribution in [0.3, 0.4) is 0 Å². The first-order chi connectivity index (χ1) is 8.65. The summed E-state index contributed by atoms with van der Waals surface area (Å²) in [5.41, 5.74) is 6.60. The predicted octanol–water partition coefficient (Wildman–Crippen LogP) is 1.14. The molecule has 0 saturated heterocycles. The second-order valence-electron chi connectivity index (χ2n) is 4.16. The highest BCUT2D eigenvalue weighted by molar-refractivity contribution is 5.99. The average Bonchev–Trinajstić information content (AvgIpc) is 3.22. The van der Waals surface area contributed by atoms with Crippen molar-refractivity contribution in [1.82, 2.24) is 0 Å². The average molecular weight is 249 g/mol. The van der Waals surface area contributed by atoms with Crippen molar-refractivity contribution in [2.24, 2.45) is 16.8 Å². The first-order valence-electron chi connectivity index (χ1n) is 5.62. The van der Waals surface area contributed by atoms with Crippen LogP contribution in [0.5, 0.6) is 5.75 Å². The van der Waals surface area contributed by atoms with Gasteiger partial charge in [-0.15, -0.1) is 0 Å². The van der Waals surface area contributed by atoms with E-state index in [1.807, 2.05) is 0 Å². The summed E-state index contributed by atoms with van der Waals surface area (Å²) in [5.74, 6) is 0.602. The Kier molecular flexibility index (Phi) is 3.36. The molecule has 0 spiro atoms. The van der Waals surface area contributed by atoms with Crippen LogP contribution < -0.4 is 15.8 Å². The van der Waals surface area contributed by atoms with Crippen molar-refractivity contribution in [3.8, 4) is 5.75 Å². The lowest BCUT2D eigenvalue weighted by Gasteiger charge is -2.11. The third-order valence-electron chi connectivity index (χ3n) is 2.81. The molecule has 1 fully saturated rings. The van der Waals surface area contributed by atoms with E-state index in [0.717, 1.165) is 12.8 Å². The van der Waals surface area contributed by atoms with Gasteiger partial charge in [-0.2, -0.15) is 0 Å². The Hall–Kier alpha value is -2.24. The van der Waals surface area contributed by atoms with E-state index in [0.29, 0.717) is 17.0 Å². The number of nitrogens with two attached hydrogens (primary N) is 1. The van der Waals surface area contributed by atoms with Gasteiger partial charge in [-0.25, -0.2) is 0 Å². The molecule has 0 atom stereocenters. The van der Waals surface area contributed by atoms with Crippen LogP contribution in [0.25, 0.3) is 0 Å². The van der Waals surface area contributed by atoms with Gasteiger partial charge < -0.3 is 21.0 Å². The second kappa shape index (κ2) is 4.95. The van der Waals surface area contributed by atoms with Crippen LogP contribution in [0.4, 0.5) is 5.69 Å². The maximum Gasteiger partial charge on any atom is 0.227 e. The molecule has 1 aromatic carbocycles. The Labute approximate surface area is 104 Å². The normalized spacial score (nSPS) is 15.3. The molecule has 96 valence electrons. The molecular weight excluding hydrogens is 234 g/mol. The zero-order chi connectivity index (χ0) is 13.1. The number of amides is 1. The fraction of sp³-hybridized carbons (Fsp3) is 0.333. The minimum Gasteiger partial charge on any atom is -0.495 e. The minimum atomic E-state index is -0.00614. The maximum atomic E-state index is 11.7. The van der Waals surface area contributed by atoms with Gasteiger partial charge in [-0.05, 0) is 31.0 Å². The molecule has 1 aromatic rings. The molecule has 1 aliphatic carbocycles. The Bertz CT molecular complexity index is 495. The van der Waals surface area contributed by atoms with Crippen molar-refractivity contribution in [3.63, 3.8) is 0 Å². The molecule has 6 nitrogen and oxygen atoms in total. The van der Waals surface area contributed by atoms with Crippen LogP contribution >= 0.6 is 0 Å². The van der Waals surface area contributed by atoms with Gasteiger partial charge in [0.2, 0.25) is 5.91 Å². The van der Waals surface area contributed by atoms with Gasteiger partial charge in [0.15, 0.2) is 5.84 Å². The Morgan fingerprint density at radius 3 is 2.83 bits per heavy atom. The van der Waals surface area contributed by atoms with Gasteiger partial charge in [0.1, 0.15) is 5.75 Å². The fourth-order valence-corrected chi connectivity index (χ4v) is 1.59. The molecular formula is C12H15N3O3. The topological polar surface area (TPSA) is 96.9 Å². The monoisotopic (exact) mass is 249 g/mol. The minimum absolute atomic E-state index is 0.00449. The van der Waals surface area contributed by atoms with Crippen molar-refractivity contribution >= 4 is 17.4 Å². The smallest absolute Gasteiger partial charge is 0.227 e. The second-order valence-corrected chi connectivity index (χ2v) is 4.16. The number of oxime groups is 1. The van der Waals surface area contributed by atoms with Gasteiger partial charge in [0.05, 0.1) is 12.8 Å². The highest BCUT2D eigenvalue weighted by Crippen LogP contribution is 2.32. The number of carbonyl (C=O) groups excluding carboxylic acids is 1. The molecule has 1 aliphatic rings. The number of hydrogen-bond acceptors (Lipinski definition) is 4. The number of nitrogens with one attached hydrogen (secondary N) is 1. The molecule has 4 N–H and O–H groups in total. The summed E-state index contributed by atoms with van der Waals surface area (Å²) in [6, 6.07) is 4.93. The lowest BCUT2D eigenvalue weighted by molar-refractivity contribution is -0.117. The quantitative estimate of drug-likeness (QED) is 0.322. The molecule has 18 heavy (non-hydrogen) atoms. The summed E-state index contributed by atoms with van der Waals surface area (Å²) < 4.78 is 5.17. The van der Waals surface area contributed by atoms with E-state index in [-0.39, 0.29) is 17.7 Å². The number of ether oxygens (including phenoxy) is 1. The molecule has 2 rings (SSSR count). The van der Waals surface area contributed by atoms with Crippen LogP contribution in [-0.2, 0) is 4.79 Å². The van der Waals surface area contributed by atoms with E-state index in [1.165, 1.54) is 7.11 Å². The van der Waals surface area contributed by atoms with Crippen molar-refractivity contribution < 1.29 is 14.7 Å². The predicted molar refractivity (Wildman–Crippen MR) is 66.9 cm³/mol. The number of nitrogens with zero attached hydrogens (tertiary/aromatic N) is 1. The van der Waals surface area contributed by atoms with Crippen LogP contribution in [0.15, 0.2) is 23.4 Å². The Morgan fingerprint density at radius 2 is 2.28 bits per heavy atom. The summed E-state index contributed by atoms with van der Waals surface area (Å²) >= 11 is 0. The summed E-state index contributed by atoms with van der Waals surface area (Å²) in [7, 11) is 1.50. The highest BCUT2D eigenvalue weighted by Gasteiger charge is 2.30. The molecule has 0 heterocycles. The fourth-order valence-electron chi connectivity index (χ4n) is 1.59. The third kappa shape index (κ3) is 2.53. The van der Waals surface area contributed by atoms with Crippen molar-refractivity contribution in [2.75, 3.05) is 12.4 Å². The van der Waals surface area contributed by atoms with E-state index < -0.39 is 0 Å². The lowest BCUT2D eigenvalue weighted by Crippen LogP contribution is -2.16. The van der Waals surface area contributed by atoms with E-state index in [2.05, 4.69) is 10.5 Å². The van der Waals surface area contributed by atoms with Gasteiger partial charge >= 0.3 is 0 Å². The molecule has 6 heteroatoms. The SMILES string of the molecule is COc1cc(/C(N)=N/O)ccc1NC(=O)C1CC1. The number of benzene rings is 1. The standard InChI is InChI=1S/C12H15N3O3/c1-18-10-6-8(11(13)15-17)4-5-9(10)14-12(16)7-2-3-7/h4-7,17H,2-3H2,1H3,(H2,13,15)(H,14,16). The van der Waals surface area contributed by atoms with Gasteiger partial charge in [-0.3, -0.25) is 4.79 Å². The molecule has 1 amide bonds. The highest BCUT2D eigenvalue weighted by atomic mass is 16.5. The molecule has 0 bridgehead atoms.